The van der Waals surface area contributed by atoms with Crippen molar-refractivity contribution < 1.29 is 14.7 Å². The highest BCUT2D eigenvalue weighted by molar-refractivity contribution is 5.79. The van der Waals surface area contributed by atoms with Crippen LogP contribution in [0.3, 0.4) is 0 Å². The van der Waals surface area contributed by atoms with E-state index in [-0.39, 0.29) is 6.03 Å². The van der Waals surface area contributed by atoms with E-state index in [4.69, 9.17) is 0 Å². The molecule has 0 radical (unpaired) electrons. The maximum atomic E-state index is 12.4. The van der Waals surface area contributed by atoms with Crippen LogP contribution in [0.1, 0.15) is 45.4 Å². The van der Waals surface area contributed by atoms with Crippen molar-refractivity contribution in [2.75, 3.05) is 33.7 Å². The molecule has 0 aromatic rings. The molecule has 1 heterocycles. The van der Waals surface area contributed by atoms with E-state index < -0.39 is 11.4 Å². The number of likely N-dealkylation sites (N-methyl/N-ethyl adjacent to an activating group) is 1. The molecule has 2 unspecified atom stereocenters. The molecule has 2 atom stereocenters. The number of rotatable bonds is 5. The van der Waals surface area contributed by atoms with Crippen molar-refractivity contribution in [2.45, 2.75) is 51.5 Å². The highest BCUT2D eigenvalue weighted by atomic mass is 16.4. The fourth-order valence-electron chi connectivity index (χ4n) is 3.90. The number of carbonyl (C=O) groups is 2. The van der Waals surface area contributed by atoms with Gasteiger partial charge >= 0.3 is 12.0 Å². The highest BCUT2D eigenvalue weighted by Gasteiger charge is 2.42. The number of hydrogen-bond acceptors (Lipinski definition) is 3. The molecule has 1 saturated heterocycles. The molecule has 2 N–H and O–H groups in total. The summed E-state index contributed by atoms with van der Waals surface area (Å²) >= 11 is 0. The number of nitrogens with one attached hydrogen (secondary N) is 1. The van der Waals surface area contributed by atoms with Gasteiger partial charge in [-0.1, -0.05) is 19.3 Å². The molecule has 6 nitrogen and oxygen atoms in total. The molecule has 1 saturated carbocycles. The second-order valence-electron chi connectivity index (χ2n) is 7.65. The van der Waals surface area contributed by atoms with E-state index in [1.807, 2.05) is 0 Å². The predicted octanol–water partition coefficient (Wildman–Crippen LogP) is 2.00. The van der Waals surface area contributed by atoms with Crippen molar-refractivity contribution in [1.29, 1.82) is 0 Å². The summed E-state index contributed by atoms with van der Waals surface area (Å²) in [5.74, 6) is -0.178. The van der Waals surface area contributed by atoms with E-state index in [0.717, 1.165) is 0 Å². The van der Waals surface area contributed by atoms with Crippen LogP contribution < -0.4 is 5.32 Å². The van der Waals surface area contributed by atoms with Gasteiger partial charge in [-0.05, 0) is 46.2 Å². The number of carbonyl (C=O) groups excluding carboxylic acids is 1. The van der Waals surface area contributed by atoms with Crippen LogP contribution in [0.2, 0.25) is 0 Å². The van der Waals surface area contributed by atoms with E-state index in [0.29, 0.717) is 38.0 Å². The molecule has 0 aromatic heterocycles. The first kappa shape index (κ1) is 18.0. The topological polar surface area (TPSA) is 72.9 Å². The van der Waals surface area contributed by atoms with Gasteiger partial charge in [0, 0.05) is 25.7 Å². The van der Waals surface area contributed by atoms with Crippen molar-refractivity contribution >= 4 is 12.0 Å². The number of aliphatic carboxylic acids is 1. The number of nitrogens with zero attached hydrogens (tertiary/aromatic N) is 2. The maximum absolute atomic E-state index is 12.4. The minimum Gasteiger partial charge on any atom is -0.481 e. The second-order valence-corrected chi connectivity index (χ2v) is 7.65. The number of carboxylic acid groups (broad SMARTS) is 1. The summed E-state index contributed by atoms with van der Waals surface area (Å²) < 4.78 is 0. The third kappa shape index (κ3) is 4.37. The summed E-state index contributed by atoms with van der Waals surface area (Å²) in [6.45, 7) is 3.17. The molecule has 23 heavy (non-hydrogen) atoms. The van der Waals surface area contributed by atoms with Gasteiger partial charge in [0.2, 0.25) is 0 Å². The monoisotopic (exact) mass is 325 g/mol. The van der Waals surface area contributed by atoms with Crippen LogP contribution in [-0.2, 0) is 4.79 Å². The van der Waals surface area contributed by atoms with Gasteiger partial charge in [0.25, 0.3) is 0 Å². The van der Waals surface area contributed by atoms with Crippen molar-refractivity contribution in [3.8, 4) is 0 Å². The molecule has 1 aliphatic carbocycles. The summed E-state index contributed by atoms with van der Waals surface area (Å²) in [7, 11) is 4.14. The van der Waals surface area contributed by atoms with Gasteiger partial charge in [-0.25, -0.2) is 4.79 Å². The summed E-state index contributed by atoms with van der Waals surface area (Å²) in [6.07, 6.45) is 6.89. The van der Waals surface area contributed by atoms with E-state index in [2.05, 4.69) is 24.3 Å². The Hall–Kier alpha value is -1.30. The van der Waals surface area contributed by atoms with Crippen LogP contribution in [0.25, 0.3) is 0 Å². The normalized spacial score (nSPS) is 27.2. The third-order valence-electron chi connectivity index (χ3n) is 5.60. The number of likely N-dealkylation sites (tertiary alicyclic amines) is 1. The molecule has 2 rings (SSSR count). The molecule has 0 spiro atoms. The number of urea groups is 1. The lowest BCUT2D eigenvalue weighted by molar-refractivity contribution is -0.146. The fourth-order valence-corrected chi connectivity index (χ4v) is 3.90. The molecule has 2 aliphatic rings. The first-order chi connectivity index (χ1) is 10.8. The van der Waals surface area contributed by atoms with E-state index in [9.17, 15) is 14.7 Å². The zero-order valence-electron chi connectivity index (χ0n) is 14.7. The molecular formula is C17H31N3O3. The van der Waals surface area contributed by atoms with Crippen molar-refractivity contribution in [1.82, 2.24) is 15.1 Å². The van der Waals surface area contributed by atoms with E-state index in [1.54, 1.807) is 11.8 Å². The Morgan fingerprint density at radius 3 is 2.48 bits per heavy atom. The molecule has 2 fully saturated rings. The first-order valence-corrected chi connectivity index (χ1v) is 8.76. The largest absolute Gasteiger partial charge is 0.481 e. The van der Waals surface area contributed by atoms with Gasteiger partial charge in [0.05, 0.1) is 5.41 Å². The third-order valence-corrected chi connectivity index (χ3v) is 5.60. The molecule has 2 amide bonds. The minimum absolute atomic E-state index is 0.127. The van der Waals surface area contributed by atoms with Gasteiger partial charge in [0.15, 0.2) is 0 Å². The summed E-state index contributed by atoms with van der Waals surface area (Å²) in [5.41, 5.74) is -0.804. The molecule has 132 valence electrons. The van der Waals surface area contributed by atoms with Crippen LogP contribution in [0.4, 0.5) is 4.79 Å². The molecular weight excluding hydrogens is 294 g/mol. The van der Waals surface area contributed by atoms with Gasteiger partial charge in [-0.3, -0.25) is 4.79 Å². The van der Waals surface area contributed by atoms with Crippen molar-refractivity contribution in [2.24, 2.45) is 11.3 Å². The van der Waals surface area contributed by atoms with Crippen molar-refractivity contribution in [3.63, 3.8) is 0 Å². The Labute approximate surface area is 139 Å². The molecule has 1 aliphatic heterocycles. The van der Waals surface area contributed by atoms with Gasteiger partial charge in [-0.2, -0.15) is 0 Å². The number of amides is 2. The Balaban J connectivity index is 1.86. The summed E-state index contributed by atoms with van der Waals surface area (Å²) in [4.78, 5) is 27.5. The zero-order chi connectivity index (χ0) is 17.0. The SMILES string of the molecule is CN(C)C(CNC(=O)N1CCC(C)(C(=O)O)C1)C1CCCCC1. The lowest BCUT2D eigenvalue weighted by atomic mass is 9.83. The Bertz CT molecular complexity index is 435. The standard InChI is InChI=1S/C17H31N3O3/c1-17(15(21)22)9-10-20(12-17)16(23)18-11-14(19(2)3)13-7-5-4-6-8-13/h13-14H,4-12H2,1-3H3,(H,18,23)(H,21,22). The van der Waals surface area contributed by atoms with Crippen molar-refractivity contribution in [3.05, 3.63) is 0 Å². The average molecular weight is 325 g/mol. The van der Waals surface area contributed by atoms with Crippen LogP contribution in [-0.4, -0.2) is 66.7 Å². The lowest BCUT2D eigenvalue weighted by Crippen LogP contribution is -2.49. The quantitative estimate of drug-likeness (QED) is 0.811. The minimum atomic E-state index is -0.818. The zero-order valence-corrected chi connectivity index (χ0v) is 14.7. The maximum Gasteiger partial charge on any atom is 0.317 e. The van der Waals surface area contributed by atoms with Gasteiger partial charge in [-0.15, -0.1) is 0 Å². The van der Waals surface area contributed by atoms with Crippen LogP contribution in [0.15, 0.2) is 0 Å². The second kappa shape index (κ2) is 7.51. The molecule has 6 heteroatoms. The number of carboxylic acids is 1. The van der Waals surface area contributed by atoms with E-state index >= 15 is 0 Å². The fraction of sp³-hybridized carbons (Fsp3) is 0.882. The summed E-state index contributed by atoms with van der Waals surface area (Å²) in [5, 5.41) is 12.3. The highest BCUT2D eigenvalue weighted by Crippen LogP contribution is 2.30. The molecule has 0 aromatic carbocycles. The Morgan fingerprint density at radius 2 is 1.96 bits per heavy atom. The summed E-state index contributed by atoms with van der Waals surface area (Å²) in [6, 6.07) is 0.227. The smallest absolute Gasteiger partial charge is 0.317 e. The van der Waals surface area contributed by atoms with Crippen LogP contribution >= 0.6 is 0 Å². The average Bonchev–Trinajstić information content (AvgIpc) is 2.92. The van der Waals surface area contributed by atoms with Gasteiger partial charge < -0.3 is 20.2 Å². The molecule has 0 bridgehead atoms. The Kier molecular flexibility index (Phi) is 5.89. The number of hydrogen-bond donors (Lipinski definition) is 2. The van der Waals surface area contributed by atoms with Crippen LogP contribution in [0.5, 0.6) is 0 Å². The van der Waals surface area contributed by atoms with E-state index in [1.165, 1.54) is 32.1 Å². The first-order valence-electron chi connectivity index (χ1n) is 8.76. The van der Waals surface area contributed by atoms with Gasteiger partial charge in [0.1, 0.15) is 0 Å². The lowest BCUT2D eigenvalue weighted by Gasteiger charge is -2.35. The Morgan fingerprint density at radius 1 is 1.30 bits per heavy atom. The van der Waals surface area contributed by atoms with Crippen LogP contribution in [0, 0.1) is 11.3 Å². The predicted molar refractivity (Wildman–Crippen MR) is 89.4 cm³/mol.